The van der Waals surface area contributed by atoms with E-state index in [0.717, 1.165) is 62.7 Å². The fourth-order valence-electron chi connectivity index (χ4n) is 3.19. The van der Waals surface area contributed by atoms with Gasteiger partial charge < -0.3 is 14.5 Å². The van der Waals surface area contributed by atoms with Gasteiger partial charge in [0.05, 0.1) is 6.04 Å². The van der Waals surface area contributed by atoms with Crippen LogP contribution in [0.1, 0.15) is 24.6 Å². The van der Waals surface area contributed by atoms with Crippen molar-refractivity contribution in [2.45, 2.75) is 18.9 Å². The Morgan fingerprint density at radius 1 is 1.14 bits per heavy atom. The minimum atomic E-state index is 0. The second kappa shape index (κ2) is 9.38. The number of hydrogen-bond acceptors (Lipinski definition) is 4. The topological polar surface area (TPSA) is 37.6 Å². The number of rotatable bonds is 3. The Morgan fingerprint density at radius 3 is 2.38 bits per heavy atom. The standard InChI is InChI=1S/C14H21BrN2O2.2ClH/c15-13-2-1-12(19-13)14(11-3-9-18-10-4-11)17-7-5-16-6-8-17;;/h1-2,11,14,16H,3-10H2;2*1H/t14-;;/m0../s1. The van der Waals surface area contributed by atoms with Gasteiger partial charge in [0, 0.05) is 39.4 Å². The molecule has 0 radical (unpaired) electrons. The predicted molar refractivity (Wildman–Crippen MR) is 91.6 cm³/mol. The Hall–Kier alpha value is 0.220. The second-order valence-corrected chi connectivity index (χ2v) is 6.10. The summed E-state index contributed by atoms with van der Waals surface area (Å²) >= 11 is 3.43. The maximum atomic E-state index is 5.87. The maximum absolute atomic E-state index is 5.87. The first-order chi connectivity index (χ1) is 9.34. The van der Waals surface area contributed by atoms with E-state index in [-0.39, 0.29) is 24.8 Å². The average Bonchev–Trinajstić information content (AvgIpc) is 2.88. The van der Waals surface area contributed by atoms with Crippen LogP contribution in [0.4, 0.5) is 0 Å². The van der Waals surface area contributed by atoms with Gasteiger partial charge in [-0.05, 0) is 46.8 Å². The van der Waals surface area contributed by atoms with E-state index in [1.807, 2.05) is 6.07 Å². The molecule has 1 N–H and O–H groups in total. The Bertz CT molecular complexity index is 389. The molecule has 0 saturated carbocycles. The number of piperazine rings is 1. The van der Waals surface area contributed by atoms with Gasteiger partial charge in [-0.25, -0.2) is 0 Å². The predicted octanol–water partition coefficient (Wildman–Crippen LogP) is 3.26. The largest absolute Gasteiger partial charge is 0.453 e. The fourth-order valence-corrected chi connectivity index (χ4v) is 3.51. The molecule has 2 aliphatic heterocycles. The molecule has 1 aromatic heterocycles. The Morgan fingerprint density at radius 2 is 1.81 bits per heavy atom. The summed E-state index contributed by atoms with van der Waals surface area (Å²) in [5, 5.41) is 3.42. The van der Waals surface area contributed by atoms with E-state index >= 15 is 0 Å². The zero-order valence-electron chi connectivity index (χ0n) is 11.9. The minimum Gasteiger partial charge on any atom is -0.453 e. The van der Waals surface area contributed by atoms with Crippen LogP contribution >= 0.6 is 40.7 Å². The Balaban J connectivity index is 0.00000110. The van der Waals surface area contributed by atoms with E-state index in [0.29, 0.717) is 12.0 Å². The van der Waals surface area contributed by atoms with Crippen molar-refractivity contribution in [1.29, 1.82) is 0 Å². The summed E-state index contributed by atoms with van der Waals surface area (Å²) in [5.41, 5.74) is 0. The summed E-state index contributed by atoms with van der Waals surface area (Å²) in [6.07, 6.45) is 2.26. The van der Waals surface area contributed by atoms with Crippen LogP contribution in [0.3, 0.4) is 0 Å². The zero-order chi connectivity index (χ0) is 13.1. The van der Waals surface area contributed by atoms with Gasteiger partial charge in [0.25, 0.3) is 0 Å². The fraction of sp³-hybridized carbons (Fsp3) is 0.714. The number of hydrogen-bond donors (Lipinski definition) is 1. The normalized spacial score (nSPS) is 22.1. The molecule has 7 heteroatoms. The molecule has 3 heterocycles. The van der Waals surface area contributed by atoms with Crippen LogP contribution in [0.5, 0.6) is 0 Å². The summed E-state index contributed by atoms with van der Waals surface area (Å²) in [6, 6.07) is 4.52. The van der Waals surface area contributed by atoms with Crippen LogP contribution in [-0.2, 0) is 4.74 Å². The number of ether oxygens (including phenoxy) is 1. The molecule has 21 heavy (non-hydrogen) atoms. The van der Waals surface area contributed by atoms with Gasteiger partial charge in [-0.1, -0.05) is 0 Å². The number of halogens is 3. The van der Waals surface area contributed by atoms with Crippen LogP contribution in [-0.4, -0.2) is 44.3 Å². The molecule has 0 spiro atoms. The smallest absolute Gasteiger partial charge is 0.169 e. The molecule has 0 bridgehead atoms. The third-order valence-electron chi connectivity index (χ3n) is 4.14. The monoisotopic (exact) mass is 400 g/mol. The average molecular weight is 402 g/mol. The first kappa shape index (κ1) is 19.3. The second-order valence-electron chi connectivity index (χ2n) is 5.32. The first-order valence-corrected chi connectivity index (χ1v) is 7.91. The molecule has 2 fully saturated rings. The minimum absolute atomic E-state index is 0. The third kappa shape index (κ3) is 4.85. The molecular weight excluding hydrogens is 379 g/mol. The van der Waals surface area contributed by atoms with E-state index < -0.39 is 0 Å². The van der Waals surface area contributed by atoms with Crippen molar-refractivity contribution in [1.82, 2.24) is 10.2 Å². The van der Waals surface area contributed by atoms with Crippen molar-refractivity contribution in [3.8, 4) is 0 Å². The van der Waals surface area contributed by atoms with Gasteiger partial charge in [0.15, 0.2) is 4.67 Å². The summed E-state index contributed by atoms with van der Waals surface area (Å²) in [7, 11) is 0. The van der Waals surface area contributed by atoms with Crippen LogP contribution in [0, 0.1) is 5.92 Å². The highest BCUT2D eigenvalue weighted by atomic mass is 79.9. The van der Waals surface area contributed by atoms with Gasteiger partial charge in [-0.3, -0.25) is 4.90 Å². The summed E-state index contributed by atoms with van der Waals surface area (Å²) in [6.45, 7) is 6.11. The summed E-state index contributed by atoms with van der Waals surface area (Å²) < 4.78 is 12.2. The Kier molecular flexibility index (Phi) is 8.61. The van der Waals surface area contributed by atoms with E-state index in [2.05, 4.69) is 32.2 Å². The molecule has 0 unspecified atom stereocenters. The van der Waals surface area contributed by atoms with Gasteiger partial charge >= 0.3 is 0 Å². The van der Waals surface area contributed by atoms with Crippen LogP contribution in [0.25, 0.3) is 0 Å². The van der Waals surface area contributed by atoms with E-state index in [9.17, 15) is 0 Å². The molecule has 122 valence electrons. The quantitative estimate of drug-likeness (QED) is 0.843. The molecule has 2 saturated heterocycles. The van der Waals surface area contributed by atoms with Gasteiger partial charge in [-0.2, -0.15) is 0 Å². The van der Waals surface area contributed by atoms with Crippen LogP contribution < -0.4 is 5.32 Å². The van der Waals surface area contributed by atoms with Gasteiger partial charge in [0.2, 0.25) is 0 Å². The molecule has 0 amide bonds. The molecule has 0 aromatic carbocycles. The molecule has 1 atom stereocenters. The van der Waals surface area contributed by atoms with Crippen molar-refractivity contribution in [2.75, 3.05) is 39.4 Å². The number of furan rings is 1. The van der Waals surface area contributed by atoms with E-state index in [1.54, 1.807) is 0 Å². The van der Waals surface area contributed by atoms with E-state index in [4.69, 9.17) is 9.15 Å². The maximum Gasteiger partial charge on any atom is 0.169 e. The van der Waals surface area contributed by atoms with Crippen molar-refractivity contribution < 1.29 is 9.15 Å². The first-order valence-electron chi connectivity index (χ1n) is 7.12. The molecule has 2 aliphatic rings. The molecular formula is C14H23BrCl2N2O2. The van der Waals surface area contributed by atoms with Crippen molar-refractivity contribution in [2.24, 2.45) is 5.92 Å². The van der Waals surface area contributed by atoms with Crippen molar-refractivity contribution >= 4 is 40.7 Å². The third-order valence-corrected chi connectivity index (χ3v) is 4.57. The van der Waals surface area contributed by atoms with Gasteiger partial charge in [0.1, 0.15) is 5.76 Å². The SMILES string of the molecule is Brc1ccc([C@H](C2CCOCC2)N2CCNCC2)o1.Cl.Cl. The highest BCUT2D eigenvalue weighted by Crippen LogP contribution is 2.36. The molecule has 1 aromatic rings. The molecule has 0 aliphatic carbocycles. The Labute approximate surface area is 146 Å². The summed E-state index contributed by atoms with van der Waals surface area (Å²) in [5.74, 6) is 1.74. The lowest BCUT2D eigenvalue weighted by molar-refractivity contribution is 0.0146. The number of nitrogens with zero attached hydrogens (tertiary/aromatic N) is 1. The molecule has 3 rings (SSSR count). The van der Waals surface area contributed by atoms with Crippen LogP contribution in [0.15, 0.2) is 21.2 Å². The van der Waals surface area contributed by atoms with Crippen LogP contribution in [0.2, 0.25) is 0 Å². The number of nitrogens with one attached hydrogen (secondary N) is 1. The highest BCUT2D eigenvalue weighted by molar-refractivity contribution is 9.10. The zero-order valence-corrected chi connectivity index (χ0v) is 15.1. The lowest BCUT2D eigenvalue weighted by Gasteiger charge is -2.39. The lowest BCUT2D eigenvalue weighted by atomic mass is 9.88. The van der Waals surface area contributed by atoms with Crippen molar-refractivity contribution in [3.05, 3.63) is 22.6 Å². The van der Waals surface area contributed by atoms with Crippen molar-refractivity contribution in [3.63, 3.8) is 0 Å². The highest BCUT2D eigenvalue weighted by Gasteiger charge is 2.33. The van der Waals surface area contributed by atoms with E-state index in [1.165, 1.54) is 0 Å². The molecule has 4 nitrogen and oxygen atoms in total. The van der Waals surface area contributed by atoms with Gasteiger partial charge in [-0.15, -0.1) is 24.8 Å². The summed E-state index contributed by atoms with van der Waals surface area (Å²) in [4.78, 5) is 2.57. The lowest BCUT2D eigenvalue weighted by Crippen LogP contribution is -2.47.